The molecular formula is C69H69N5O19. The maximum atomic E-state index is 11.5. The molecule has 0 saturated carbocycles. The smallest absolute Gasteiger partial charge is 0.376 e. The highest BCUT2D eigenvalue weighted by Crippen LogP contribution is 2.33. The molecule has 10 aromatic rings. The number of ether oxygens (including phenoxy) is 2. The molecule has 0 atom stereocenters. The van der Waals surface area contributed by atoms with Gasteiger partial charge in [-0.1, -0.05) is 19.4 Å². The highest BCUT2D eigenvalue weighted by molar-refractivity contribution is 6.39. The number of nitrogens with one attached hydrogen (secondary N) is 1. The van der Waals surface area contributed by atoms with E-state index in [1.807, 2.05) is 73.7 Å². The first-order chi connectivity index (χ1) is 44.0. The van der Waals surface area contributed by atoms with Gasteiger partial charge in [-0.15, -0.1) is 0 Å². The fourth-order valence-corrected chi connectivity index (χ4v) is 9.79. The van der Waals surface area contributed by atoms with Gasteiger partial charge in [0.1, 0.15) is 46.0 Å². The quantitative estimate of drug-likeness (QED) is 0.0165. The Morgan fingerprint density at radius 1 is 0.430 bits per heavy atom. The number of phenolic OH excluding ortho intramolecular Hbond substituents is 2. The molecule has 0 saturated heterocycles. The number of hydrogen-bond donors (Lipinski definition) is 10. The third-order valence-corrected chi connectivity index (χ3v) is 14.0. The summed E-state index contributed by atoms with van der Waals surface area (Å²) in [7, 11) is 7.40. The minimum atomic E-state index is -1.65. The van der Waals surface area contributed by atoms with E-state index in [2.05, 4.69) is 30.1 Å². The van der Waals surface area contributed by atoms with E-state index in [9.17, 15) is 69.0 Å². The SMILES string of the molecule is CCCc1ccc2c(c1)c(C(O)=CC(C)=O)cn2C.CCOc1ccc2c(c1)c(C(C)=O)cn2C.CCOc1ccc2c(c1)c(C(O)=CC(=O)C(=O)O)cn2C.Cn1cc(C(O)=CC(=O)C(=O)O)c2cc(O)ccc21.O=C(O)C(=O)C=C(O)c1c[nH]c2ccc(O)cc12. The molecule has 0 aliphatic carbocycles. The molecule has 93 heavy (non-hydrogen) atoms. The largest absolute Gasteiger partial charge is 0.508 e. The van der Waals surface area contributed by atoms with Crippen molar-refractivity contribution in [3.63, 3.8) is 0 Å². The molecule has 10 N–H and O–H groups in total. The number of carbonyl (C=O) groups excluding carboxylic acids is 5. The molecule has 24 heteroatoms. The van der Waals surface area contributed by atoms with Gasteiger partial charge in [-0.25, -0.2) is 14.4 Å². The third-order valence-electron chi connectivity index (χ3n) is 14.0. The number of nitrogens with zero attached hydrogens (tertiary/aromatic N) is 4. The predicted octanol–water partition coefficient (Wildman–Crippen LogP) is 11.4. The average Bonchev–Trinajstić information content (AvgIpc) is 1.69. The molecule has 24 nitrogen and oxygen atoms in total. The number of aliphatic carboxylic acids is 3. The number of aliphatic hydroxyl groups excluding tert-OH is 4. The van der Waals surface area contributed by atoms with Crippen LogP contribution >= 0.6 is 0 Å². The van der Waals surface area contributed by atoms with Gasteiger partial charge >= 0.3 is 17.9 Å². The summed E-state index contributed by atoms with van der Waals surface area (Å²) in [6, 6.07) is 26.5. The number of H-pyrrole nitrogens is 1. The third kappa shape index (κ3) is 17.4. The number of fused-ring (bicyclic) bond motifs is 5. The van der Waals surface area contributed by atoms with E-state index >= 15 is 0 Å². The molecule has 0 bridgehead atoms. The van der Waals surface area contributed by atoms with E-state index < -0.39 is 46.8 Å². The summed E-state index contributed by atoms with van der Waals surface area (Å²) >= 11 is 0. The molecule has 5 heterocycles. The Kier molecular flexibility index (Phi) is 23.3. The summed E-state index contributed by atoms with van der Waals surface area (Å²) in [4.78, 5) is 89.9. The molecule has 10 rings (SSSR count). The summed E-state index contributed by atoms with van der Waals surface area (Å²) < 4.78 is 18.2. The monoisotopic (exact) mass is 1270 g/mol. The van der Waals surface area contributed by atoms with Crippen molar-refractivity contribution in [3.05, 3.63) is 180 Å². The number of aromatic amines is 1. The van der Waals surface area contributed by atoms with Crippen LogP contribution in [-0.2, 0) is 68.2 Å². The molecule has 5 aromatic carbocycles. The van der Waals surface area contributed by atoms with Crippen LogP contribution in [0, 0.1) is 0 Å². The number of benzene rings is 5. The van der Waals surface area contributed by atoms with E-state index in [-0.39, 0.29) is 45.7 Å². The van der Waals surface area contributed by atoms with Crippen LogP contribution in [0.5, 0.6) is 23.0 Å². The lowest BCUT2D eigenvalue weighted by molar-refractivity contribution is -0.146. The molecule has 0 radical (unpaired) electrons. The minimum Gasteiger partial charge on any atom is -0.508 e. The first-order valence-electron chi connectivity index (χ1n) is 28.6. The van der Waals surface area contributed by atoms with Crippen molar-refractivity contribution in [2.24, 2.45) is 28.2 Å². The van der Waals surface area contributed by atoms with Gasteiger partial charge in [0.15, 0.2) is 11.6 Å². The number of rotatable bonds is 18. The van der Waals surface area contributed by atoms with Gasteiger partial charge in [0.25, 0.3) is 17.3 Å². The van der Waals surface area contributed by atoms with E-state index in [0.29, 0.717) is 70.0 Å². The van der Waals surface area contributed by atoms with Gasteiger partial charge in [-0.05, 0) is 125 Å². The number of aromatic nitrogens is 5. The molecule has 0 spiro atoms. The second-order valence-corrected chi connectivity index (χ2v) is 20.9. The fourth-order valence-electron chi connectivity index (χ4n) is 9.79. The first kappa shape index (κ1) is 70.0. The van der Waals surface area contributed by atoms with Crippen molar-refractivity contribution in [2.45, 2.75) is 47.5 Å². The van der Waals surface area contributed by atoms with Gasteiger partial charge in [-0.3, -0.25) is 24.0 Å². The molecule has 484 valence electrons. The summed E-state index contributed by atoms with van der Waals surface area (Å²) in [5, 5.41) is 87.5. The zero-order valence-corrected chi connectivity index (χ0v) is 52.1. The van der Waals surface area contributed by atoms with E-state index in [0.717, 1.165) is 57.0 Å². The molecule has 0 amide bonds. The van der Waals surface area contributed by atoms with Crippen LogP contribution in [0.15, 0.2) is 146 Å². The summed E-state index contributed by atoms with van der Waals surface area (Å²) in [5.41, 5.74) is 7.93. The molecule has 0 aliphatic rings. The lowest BCUT2D eigenvalue weighted by Gasteiger charge is -2.04. The molecule has 0 unspecified atom stereocenters. The number of carbonyl (C=O) groups is 8. The Morgan fingerprint density at radius 3 is 1.19 bits per heavy atom. The second-order valence-electron chi connectivity index (χ2n) is 20.9. The van der Waals surface area contributed by atoms with Crippen LogP contribution in [0.4, 0.5) is 0 Å². The number of aromatic hydroxyl groups is 2. The Balaban J connectivity index is 0.000000185. The van der Waals surface area contributed by atoms with Crippen molar-refractivity contribution in [1.29, 1.82) is 0 Å². The Morgan fingerprint density at radius 2 is 0.785 bits per heavy atom. The lowest BCUT2D eigenvalue weighted by Crippen LogP contribution is -2.09. The number of aryl methyl sites for hydroxylation is 5. The van der Waals surface area contributed by atoms with Crippen LogP contribution < -0.4 is 9.47 Å². The minimum absolute atomic E-state index is 0.000658. The van der Waals surface area contributed by atoms with Crippen molar-refractivity contribution >= 4 is 124 Å². The fraction of sp³-hybridized carbons (Fsp3) is 0.188. The normalized spacial score (nSPS) is 11.6. The molecule has 0 fully saturated rings. The van der Waals surface area contributed by atoms with Gasteiger partial charge in [0, 0.05) is 166 Å². The number of aliphatic hydroxyl groups is 4. The second kappa shape index (κ2) is 30.9. The number of carboxylic acids is 3. The maximum Gasteiger partial charge on any atom is 0.376 e. The zero-order chi connectivity index (χ0) is 68.7. The standard InChI is InChI=1S/C16H19NO2.C15H15NO5.C13H11NO5.C13H15NO2.C12H9NO5/c1-4-5-12-6-7-15-13(9-12)14(10-17(15)3)16(19)8-11(2)18;1-3-21-9-4-5-12-10(6-9)11(8-16(12)2)13(17)7-14(18)15(19)20;1-14-6-9(11(16)5-12(17)13(18)19)8-4-7(15)2-3-10(8)14;1-4-16-10-5-6-13-11(7-10)12(9(2)15)8-14(13)3;14-6-1-2-9-7(3-6)8(5-13-9)10(15)4-11(16)12(17)18/h6-10,19H,4-5H2,1-3H3;4-8,17H,3H2,1-2H3,(H,19,20);2-6,15-16H,1H3,(H,18,19);5-8H,4H2,1-3H3;1-5,13-15H,(H,17,18). The van der Waals surface area contributed by atoms with E-state index in [1.54, 1.807) is 66.8 Å². The molecule has 5 aromatic heterocycles. The van der Waals surface area contributed by atoms with Crippen LogP contribution in [0.2, 0.25) is 0 Å². The van der Waals surface area contributed by atoms with Crippen molar-refractivity contribution in [3.8, 4) is 23.0 Å². The van der Waals surface area contributed by atoms with Crippen LogP contribution in [0.3, 0.4) is 0 Å². The number of allylic oxidation sites excluding steroid dienone is 1. The predicted molar refractivity (Wildman–Crippen MR) is 351 cm³/mol. The lowest BCUT2D eigenvalue weighted by atomic mass is 10.0. The van der Waals surface area contributed by atoms with Crippen LogP contribution in [0.1, 0.15) is 79.2 Å². The number of Topliss-reactive ketones (excluding diaryl/α,β-unsaturated/α-hetero) is 1. The van der Waals surface area contributed by atoms with Crippen molar-refractivity contribution in [2.75, 3.05) is 13.2 Å². The van der Waals surface area contributed by atoms with Crippen molar-refractivity contribution in [1.82, 2.24) is 23.3 Å². The van der Waals surface area contributed by atoms with Gasteiger partial charge in [0.2, 0.25) is 0 Å². The number of carboxylic acid groups (broad SMARTS) is 3. The zero-order valence-electron chi connectivity index (χ0n) is 52.1. The molecular weight excluding hydrogens is 1200 g/mol. The topological polar surface area (TPSA) is 373 Å². The average molecular weight is 1270 g/mol. The van der Waals surface area contributed by atoms with E-state index in [1.165, 1.54) is 49.0 Å². The highest BCUT2D eigenvalue weighted by Gasteiger charge is 2.19. The van der Waals surface area contributed by atoms with Crippen molar-refractivity contribution < 1.29 is 93.8 Å². The van der Waals surface area contributed by atoms with Crippen LogP contribution in [0.25, 0.3) is 77.6 Å². The number of hydrogen-bond acceptors (Lipinski definition) is 16. The Labute approximate surface area is 530 Å². The van der Waals surface area contributed by atoms with Crippen LogP contribution in [-0.4, -0.2) is 129 Å². The highest BCUT2D eigenvalue weighted by atomic mass is 16.5. The Hall–Kier alpha value is -12.1. The first-order valence-corrected chi connectivity index (χ1v) is 28.6. The van der Waals surface area contributed by atoms with Gasteiger partial charge < -0.3 is 78.7 Å². The maximum absolute atomic E-state index is 11.5. The number of ketones is 5. The Bertz CT molecular complexity index is 4670. The number of phenols is 2. The summed E-state index contributed by atoms with van der Waals surface area (Å²) in [5.74, 6) is -8.41. The summed E-state index contributed by atoms with van der Waals surface area (Å²) in [6.45, 7) is 10.1. The molecule has 0 aliphatic heterocycles. The van der Waals surface area contributed by atoms with Gasteiger partial charge in [0.05, 0.1) is 13.2 Å². The van der Waals surface area contributed by atoms with E-state index in [4.69, 9.17) is 24.8 Å². The van der Waals surface area contributed by atoms with Gasteiger partial charge in [-0.2, -0.15) is 0 Å². The summed E-state index contributed by atoms with van der Waals surface area (Å²) in [6.07, 6.45) is 13.6.